The van der Waals surface area contributed by atoms with Gasteiger partial charge in [-0.1, -0.05) is 41.1 Å². The second kappa shape index (κ2) is 7.87. The van der Waals surface area contributed by atoms with Crippen molar-refractivity contribution in [1.29, 1.82) is 0 Å². The van der Waals surface area contributed by atoms with E-state index in [0.717, 1.165) is 10.6 Å². The molecule has 1 aromatic carbocycles. The Morgan fingerprint density at radius 1 is 1.30 bits per heavy atom. The minimum Gasteiger partial charge on any atom is -0.331 e. The Labute approximate surface area is 167 Å². The number of benzene rings is 1. The molecule has 4 aromatic rings. The van der Waals surface area contributed by atoms with Crippen molar-refractivity contribution in [2.45, 2.75) is 6.42 Å². The van der Waals surface area contributed by atoms with E-state index < -0.39 is 0 Å². The van der Waals surface area contributed by atoms with Gasteiger partial charge in [-0.15, -0.1) is 11.3 Å². The summed E-state index contributed by atoms with van der Waals surface area (Å²) in [5.74, 6) is -0.250. The lowest BCUT2D eigenvalue weighted by Crippen LogP contribution is -2.19. The first-order valence-corrected chi connectivity index (χ1v) is 9.96. The molecule has 0 saturated heterocycles. The van der Waals surface area contributed by atoms with Crippen LogP contribution in [0.5, 0.6) is 0 Å². The van der Waals surface area contributed by atoms with Crippen LogP contribution in [-0.4, -0.2) is 26.5 Å². The number of hydrazone groups is 1. The Bertz CT molecular complexity index is 1070. The predicted molar refractivity (Wildman–Crippen MR) is 109 cm³/mol. The minimum atomic E-state index is -0.250. The lowest BCUT2D eigenvalue weighted by molar-refractivity contribution is -0.120. The predicted octanol–water partition coefficient (Wildman–Crippen LogP) is 3.94. The molecule has 27 heavy (non-hydrogen) atoms. The van der Waals surface area contributed by atoms with E-state index in [9.17, 15) is 4.79 Å². The van der Waals surface area contributed by atoms with Gasteiger partial charge in [-0.25, -0.2) is 15.4 Å². The molecule has 0 unspecified atom stereocenters. The average Bonchev–Trinajstić information content (AvgIpc) is 3.31. The smallest absolute Gasteiger partial charge is 0.246 e. The fourth-order valence-corrected chi connectivity index (χ4v) is 4.09. The molecule has 0 fully saturated rings. The van der Waals surface area contributed by atoms with E-state index in [1.165, 1.54) is 28.9 Å². The van der Waals surface area contributed by atoms with Crippen LogP contribution in [0.1, 0.15) is 10.6 Å². The molecule has 0 bridgehead atoms. The van der Waals surface area contributed by atoms with Crippen LogP contribution in [0.2, 0.25) is 5.15 Å². The van der Waals surface area contributed by atoms with Crippen LogP contribution in [0.4, 0.5) is 10.8 Å². The average molecular weight is 417 g/mol. The molecule has 0 spiro atoms. The van der Waals surface area contributed by atoms with Crippen molar-refractivity contribution in [3.8, 4) is 0 Å². The SMILES string of the molecule is O=C(Cc1cn2ccsc2n1)N/N=C\c1sc(Nc2ccccc2)nc1Cl. The maximum Gasteiger partial charge on any atom is 0.246 e. The molecule has 7 nitrogen and oxygen atoms in total. The number of imidazole rings is 1. The summed E-state index contributed by atoms with van der Waals surface area (Å²) in [6.45, 7) is 0. The van der Waals surface area contributed by atoms with E-state index >= 15 is 0 Å². The summed E-state index contributed by atoms with van der Waals surface area (Å²) in [6, 6.07) is 9.67. The number of anilines is 2. The first-order chi connectivity index (χ1) is 13.2. The van der Waals surface area contributed by atoms with Gasteiger partial charge in [-0.2, -0.15) is 5.10 Å². The minimum absolute atomic E-state index is 0.156. The highest BCUT2D eigenvalue weighted by Gasteiger charge is 2.09. The van der Waals surface area contributed by atoms with Crippen molar-refractivity contribution < 1.29 is 4.79 Å². The Hall–Kier alpha value is -2.75. The van der Waals surface area contributed by atoms with Gasteiger partial charge in [0, 0.05) is 23.5 Å². The van der Waals surface area contributed by atoms with Gasteiger partial charge >= 0.3 is 0 Å². The Morgan fingerprint density at radius 2 is 2.15 bits per heavy atom. The van der Waals surface area contributed by atoms with E-state index in [1.54, 1.807) is 0 Å². The number of carbonyl (C=O) groups excluding carboxylic acids is 1. The molecule has 1 amide bonds. The number of amides is 1. The maximum atomic E-state index is 12.0. The van der Waals surface area contributed by atoms with Gasteiger partial charge in [0.1, 0.15) is 0 Å². The fraction of sp³-hybridized carbons (Fsp3) is 0.0588. The lowest BCUT2D eigenvalue weighted by Gasteiger charge is -1.99. The second-order valence-corrected chi connectivity index (χ2v) is 7.72. The first-order valence-electron chi connectivity index (χ1n) is 7.89. The molecule has 0 aliphatic heterocycles. The number of halogens is 1. The molecule has 0 saturated carbocycles. The summed E-state index contributed by atoms with van der Waals surface area (Å²) < 4.78 is 1.88. The Kier molecular flexibility index (Phi) is 5.14. The van der Waals surface area contributed by atoms with Gasteiger partial charge in [0.2, 0.25) is 5.91 Å². The van der Waals surface area contributed by atoms with Crippen LogP contribution in [0, 0.1) is 0 Å². The van der Waals surface area contributed by atoms with E-state index in [1.807, 2.05) is 52.5 Å². The molecule has 0 aliphatic carbocycles. The van der Waals surface area contributed by atoms with Gasteiger partial charge in [0.15, 0.2) is 15.2 Å². The van der Waals surface area contributed by atoms with Crippen LogP contribution in [0.15, 0.2) is 53.2 Å². The highest BCUT2D eigenvalue weighted by atomic mass is 35.5. The van der Waals surface area contributed by atoms with Crippen molar-refractivity contribution >= 4 is 62.2 Å². The lowest BCUT2D eigenvalue weighted by atomic mass is 10.3. The fourth-order valence-electron chi connectivity index (χ4n) is 2.32. The molecule has 2 N–H and O–H groups in total. The van der Waals surface area contributed by atoms with Gasteiger partial charge in [0.05, 0.1) is 23.2 Å². The van der Waals surface area contributed by atoms with E-state index in [2.05, 4.69) is 25.8 Å². The number of nitrogens with zero attached hydrogens (tertiary/aromatic N) is 4. The molecule has 136 valence electrons. The van der Waals surface area contributed by atoms with E-state index in [4.69, 9.17) is 11.6 Å². The monoisotopic (exact) mass is 416 g/mol. The summed E-state index contributed by atoms with van der Waals surface area (Å²) in [5.41, 5.74) is 4.10. The van der Waals surface area contributed by atoms with Crippen molar-refractivity contribution in [1.82, 2.24) is 19.8 Å². The molecule has 0 aliphatic rings. The number of para-hydroxylation sites is 1. The molecule has 10 heteroatoms. The third kappa shape index (κ3) is 4.33. The van der Waals surface area contributed by atoms with Crippen LogP contribution in [0.3, 0.4) is 0 Å². The maximum absolute atomic E-state index is 12.0. The molecular formula is C17H13ClN6OS2. The highest BCUT2D eigenvalue weighted by molar-refractivity contribution is 7.17. The van der Waals surface area contributed by atoms with Crippen LogP contribution in [0.25, 0.3) is 4.96 Å². The summed E-state index contributed by atoms with van der Waals surface area (Å²) >= 11 is 9.00. The number of aromatic nitrogens is 3. The van der Waals surface area contributed by atoms with Gasteiger partial charge in [0.25, 0.3) is 0 Å². The molecule has 3 heterocycles. The molecular weight excluding hydrogens is 404 g/mol. The Morgan fingerprint density at radius 3 is 2.96 bits per heavy atom. The zero-order valence-corrected chi connectivity index (χ0v) is 16.2. The summed E-state index contributed by atoms with van der Waals surface area (Å²) in [6.07, 6.45) is 5.37. The molecule has 0 radical (unpaired) electrons. The van der Waals surface area contributed by atoms with E-state index in [-0.39, 0.29) is 12.3 Å². The summed E-state index contributed by atoms with van der Waals surface area (Å²) in [7, 11) is 0. The largest absolute Gasteiger partial charge is 0.331 e. The number of fused-ring (bicyclic) bond motifs is 1. The third-order valence-corrected chi connectivity index (χ3v) is 5.57. The van der Waals surface area contributed by atoms with Crippen molar-refractivity contribution in [3.05, 3.63) is 63.8 Å². The second-order valence-electron chi connectivity index (χ2n) is 5.46. The van der Waals surface area contributed by atoms with Gasteiger partial charge in [-0.05, 0) is 12.1 Å². The van der Waals surface area contributed by atoms with Crippen molar-refractivity contribution in [2.24, 2.45) is 5.10 Å². The zero-order valence-electron chi connectivity index (χ0n) is 13.8. The summed E-state index contributed by atoms with van der Waals surface area (Å²) in [5, 5.41) is 10.0. The normalized spacial score (nSPS) is 11.3. The topological polar surface area (TPSA) is 83.7 Å². The van der Waals surface area contributed by atoms with E-state index in [0.29, 0.717) is 20.9 Å². The number of carbonyl (C=O) groups is 1. The molecule has 4 rings (SSSR count). The number of nitrogens with one attached hydrogen (secondary N) is 2. The number of rotatable bonds is 6. The van der Waals surface area contributed by atoms with Crippen molar-refractivity contribution in [3.63, 3.8) is 0 Å². The number of hydrogen-bond acceptors (Lipinski definition) is 7. The molecule has 0 atom stereocenters. The van der Waals surface area contributed by atoms with Gasteiger partial charge in [-0.3, -0.25) is 9.20 Å². The summed E-state index contributed by atoms with van der Waals surface area (Å²) in [4.78, 5) is 22.1. The Balaban J connectivity index is 1.35. The number of thiazole rings is 2. The van der Waals surface area contributed by atoms with Crippen LogP contribution >= 0.6 is 34.3 Å². The standard InChI is InChI=1S/C17H13ClN6OS2/c18-15-13(27-16(22-15)20-11-4-2-1-3-5-11)9-19-23-14(25)8-12-10-24-6-7-26-17(24)21-12/h1-7,9-10H,8H2,(H,20,22)(H,23,25)/b19-9-. The zero-order chi connectivity index (χ0) is 18.6. The molecule has 3 aromatic heterocycles. The van der Waals surface area contributed by atoms with Crippen LogP contribution in [-0.2, 0) is 11.2 Å². The number of hydrogen-bond donors (Lipinski definition) is 2. The first kappa shape index (κ1) is 17.7. The quantitative estimate of drug-likeness (QED) is 0.368. The van der Waals surface area contributed by atoms with Gasteiger partial charge < -0.3 is 5.32 Å². The third-order valence-electron chi connectivity index (χ3n) is 3.49. The van der Waals surface area contributed by atoms with Crippen LogP contribution < -0.4 is 10.7 Å². The van der Waals surface area contributed by atoms with Crippen molar-refractivity contribution in [2.75, 3.05) is 5.32 Å². The highest BCUT2D eigenvalue weighted by Crippen LogP contribution is 2.27.